The Kier molecular flexibility index (Phi) is 14.7. The number of rotatable bonds is 21. The van der Waals surface area contributed by atoms with Gasteiger partial charge in [-0.1, -0.05) is 120 Å². The number of hydrogen-bond donors (Lipinski definition) is 3. The molecule has 6 nitrogen and oxygen atoms in total. The third-order valence-corrected chi connectivity index (χ3v) is 13.4. The molecule has 2 saturated carbocycles. The second kappa shape index (κ2) is 16.9. The summed E-state index contributed by atoms with van der Waals surface area (Å²) in [7, 11) is 0. The van der Waals surface area contributed by atoms with Crippen LogP contribution in [0.2, 0.25) is 0 Å². The van der Waals surface area contributed by atoms with E-state index < -0.39 is 17.5 Å². The van der Waals surface area contributed by atoms with E-state index in [0.717, 1.165) is 38.0 Å². The monoisotopic (exact) mass is 679 g/mol. The molecule has 282 valence electrons. The summed E-state index contributed by atoms with van der Waals surface area (Å²) in [6, 6.07) is 0. The molecule has 3 N–H and O–H groups in total. The lowest BCUT2D eigenvalue weighted by molar-refractivity contribution is -0.194. The van der Waals surface area contributed by atoms with Crippen LogP contribution in [0.5, 0.6) is 0 Å². The van der Waals surface area contributed by atoms with E-state index in [1.807, 2.05) is 6.92 Å². The van der Waals surface area contributed by atoms with Crippen molar-refractivity contribution in [1.82, 2.24) is 0 Å². The lowest BCUT2D eigenvalue weighted by atomic mass is 9.59. The van der Waals surface area contributed by atoms with Crippen molar-refractivity contribution in [2.24, 2.45) is 40.4 Å². The lowest BCUT2D eigenvalue weighted by Crippen LogP contribution is -2.52. The molecule has 6 heteroatoms. The van der Waals surface area contributed by atoms with Crippen LogP contribution in [0, 0.1) is 40.4 Å². The maximum absolute atomic E-state index is 13.2. The van der Waals surface area contributed by atoms with Gasteiger partial charge in [0.05, 0.1) is 23.4 Å². The Bertz CT molecular complexity index is 986. The summed E-state index contributed by atoms with van der Waals surface area (Å²) in [6.45, 7) is 23.8. The zero-order valence-electron chi connectivity index (χ0n) is 33.2. The van der Waals surface area contributed by atoms with E-state index >= 15 is 0 Å². The molecule has 0 bridgehead atoms. The fourth-order valence-electron chi connectivity index (χ4n) is 10.5. The fourth-order valence-corrected chi connectivity index (χ4v) is 10.5. The molecular weight excluding hydrogens is 600 g/mol. The van der Waals surface area contributed by atoms with Gasteiger partial charge in [-0.2, -0.15) is 0 Å². The summed E-state index contributed by atoms with van der Waals surface area (Å²) < 4.78 is 12.0. The highest BCUT2D eigenvalue weighted by Gasteiger charge is 2.76. The molecule has 3 rings (SSSR count). The topological polar surface area (TPSA) is 99.5 Å². The second-order valence-corrected chi connectivity index (χ2v) is 19.4. The molecule has 11 atom stereocenters. The summed E-state index contributed by atoms with van der Waals surface area (Å²) >= 11 is 0. The van der Waals surface area contributed by atoms with Crippen LogP contribution in [0.1, 0.15) is 185 Å². The Morgan fingerprint density at radius 1 is 0.750 bits per heavy atom. The molecule has 0 aromatic carbocycles. The van der Waals surface area contributed by atoms with Crippen LogP contribution >= 0.6 is 0 Å². The molecular formula is C42H78O6. The molecule has 48 heavy (non-hydrogen) atoms. The highest BCUT2D eigenvalue weighted by atomic mass is 16.6. The molecule has 0 amide bonds. The van der Waals surface area contributed by atoms with Crippen molar-refractivity contribution in [3.63, 3.8) is 0 Å². The highest BCUT2D eigenvalue weighted by Crippen LogP contribution is 2.67. The maximum atomic E-state index is 13.2. The molecule has 5 unspecified atom stereocenters. The van der Waals surface area contributed by atoms with Crippen molar-refractivity contribution >= 4 is 5.78 Å². The van der Waals surface area contributed by atoms with E-state index in [-0.39, 0.29) is 40.5 Å². The minimum atomic E-state index is -0.791. The Morgan fingerprint density at radius 3 is 1.79 bits per heavy atom. The minimum absolute atomic E-state index is 0.0163. The first-order chi connectivity index (χ1) is 22.1. The number of fused-ring (bicyclic) bond motifs is 1. The van der Waals surface area contributed by atoms with E-state index in [2.05, 4.69) is 62.3 Å². The van der Waals surface area contributed by atoms with Crippen LogP contribution in [-0.2, 0) is 14.3 Å². The van der Waals surface area contributed by atoms with Gasteiger partial charge >= 0.3 is 0 Å². The van der Waals surface area contributed by atoms with Gasteiger partial charge in [0, 0.05) is 25.2 Å². The normalized spacial score (nSPS) is 35.7. The van der Waals surface area contributed by atoms with Crippen LogP contribution < -0.4 is 0 Å². The summed E-state index contributed by atoms with van der Waals surface area (Å²) in [6.07, 6.45) is 16.6. The number of aliphatic hydroxyl groups is 3. The van der Waals surface area contributed by atoms with Crippen molar-refractivity contribution in [2.75, 3.05) is 0 Å². The quantitative estimate of drug-likeness (QED) is 0.0635. The standard InChI is InChI=1S/C42H78O6/c1-29(18-14-19-31(3)22-23-37-38(6,7)26-35(47-33(5)43)27-40(37,10)46)16-12-13-17-30(2)20-15-21-32(4)36(45)28-42-39(8,9)24-34(44)25-41(42,11)48-42/h29-35,37,43-44,46H,12-28H2,1-11H3/t29?,30?,31?,32?,33?,34-,35-,37+,40+,41+,42-/m0/s1. The van der Waals surface area contributed by atoms with Gasteiger partial charge in [0.2, 0.25) is 0 Å². The largest absolute Gasteiger partial charge is 0.393 e. The van der Waals surface area contributed by atoms with Gasteiger partial charge in [-0.25, -0.2) is 0 Å². The van der Waals surface area contributed by atoms with E-state index in [0.29, 0.717) is 43.3 Å². The Morgan fingerprint density at radius 2 is 1.27 bits per heavy atom. The SMILES string of the molecule is CC(CCCCC(C)CCCC(C)C(=O)C[C@@]12O[C@]1(C)C[C@@H](O)CC2(C)C)CCCC(C)CC[C@@H]1C(C)(C)C[C@H](OC(C)O)C[C@@]1(C)O. The van der Waals surface area contributed by atoms with Gasteiger partial charge in [-0.3, -0.25) is 4.79 Å². The predicted molar refractivity (Wildman–Crippen MR) is 197 cm³/mol. The van der Waals surface area contributed by atoms with Crippen LogP contribution in [0.25, 0.3) is 0 Å². The number of hydrogen-bond acceptors (Lipinski definition) is 6. The van der Waals surface area contributed by atoms with Crippen LogP contribution in [0.3, 0.4) is 0 Å². The summed E-state index contributed by atoms with van der Waals surface area (Å²) in [5, 5.41) is 31.3. The first-order valence-electron chi connectivity index (χ1n) is 20.1. The molecule has 3 fully saturated rings. The zero-order valence-corrected chi connectivity index (χ0v) is 33.2. The number of aliphatic hydroxyl groups excluding tert-OH is 2. The molecule has 0 radical (unpaired) electrons. The molecule has 0 spiro atoms. The van der Waals surface area contributed by atoms with Crippen LogP contribution in [0.4, 0.5) is 0 Å². The van der Waals surface area contributed by atoms with E-state index in [9.17, 15) is 20.1 Å². The van der Waals surface area contributed by atoms with E-state index in [1.54, 1.807) is 6.92 Å². The molecule has 1 aliphatic heterocycles. The summed E-state index contributed by atoms with van der Waals surface area (Å²) in [4.78, 5) is 13.2. The molecule has 0 aromatic rings. The third kappa shape index (κ3) is 11.0. The third-order valence-electron chi connectivity index (χ3n) is 13.4. The fraction of sp³-hybridized carbons (Fsp3) is 0.976. The van der Waals surface area contributed by atoms with Crippen LogP contribution in [0.15, 0.2) is 0 Å². The molecule has 1 heterocycles. The molecule has 1 saturated heterocycles. The Balaban J connectivity index is 1.23. The van der Waals surface area contributed by atoms with Crippen molar-refractivity contribution in [3.05, 3.63) is 0 Å². The molecule has 0 aromatic heterocycles. The number of epoxide rings is 1. The molecule has 2 aliphatic carbocycles. The number of ether oxygens (including phenoxy) is 2. The van der Waals surface area contributed by atoms with Crippen molar-refractivity contribution in [3.8, 4) is 0 Å². The number of carbonyl (C=O) groups is 1. The maximum Gasteiger partial charge on any atom is 0.152 e. The highest BCUT2D eigenvalue weighted by molar-refractivity contribution is 5.82. The average molecular weight is 679 g/mol. The Hall–Kier alpha value is -0.530. The number of Topliss-reactive ketones (excluding diaryl/α,β-unsaturated/α-hetero) is 1. The number of ketones is 1. The first-order valence-corrected chi connectivity index (χ1v) is 20.1. The number of unbranched alkanes of at least 4 members (excludes halogenated alkanes) is 1. The van der Waals surface area contributed by atoms with E-state index in [1.165, 1.54) is 51.4 Å². The van der Waals surface area contributed by atoms with Gasteiger partial charge < -0.3 is 24.8 Å². The van der Waals surface area contributed by atoms with Gasteiger partial charge in [0.25, 0.3) is 0 Å². The Labute approximate surface area is 295 Å². The summed E-state index contributed by atoms with van der Waals surface area (Å²) in [5.41, 5.74) is -1.72. The van der Waals surface area contributed by atoms with Crippen LogP contribution in [-0.4, -0.2) is 56.4 Å². The average Bonchev–Trinajstić information content (AvgIpc) is 3.53. The van der Waals surface area contributed by atoms with Crippen molar-refractivity contribution in [2.45, 2.75) is 221 Å². The number of carbonyl (C=O) groups excluding carboxylic acids is 1. The predicted octanol–water partition coefficient (Wildman–Crippen LogP) is 9.79. The van der Waals surface area contributed by atoms with Gasteiger partial charge in [0.1, 0.15) is 11.4 Å². The van der Waals surface area contributed by atoms with Gasteiger partial charge in [-0.05, 0) is 81.0 Å². The minimum Gasteiger partial charge on any atom is -0.393 e. The van der Waals surface area contributed by atoms with Gasteiger partial charge in [0.15, 0.2) is 6.29 Å². The van der Waals surface area contributed by atoms with Crippen molar-refractivity contribution < 1.29 is 29.6 Å². The van der Waals surface area contributed by atoms with Gasteiger partial charge in [-0.15, -0.1) is 0 Å². The van der Waals surface area contributed by atoms with E-state index in [4.69, 9.17) is 9.47 Å². The zero-order chi connectivity index (χ0) is 36.1. The lowest BCUT2D eigenvalue weighted by Gasteiger charge is -2.51. The molecule has 3 aliphatic rings. The first kappa shape index (κ1) is 41.9. The second-order valence-electron chi connectivity index (χ2n) is 19.4. The smallest absolute Gasteiger partial charge is 0.152 e. The summed E-state index contributed by atoms with van der Waals surface area (Å²) in [5.74, 6) is 2.81. The van der Waals surface area contributed by atoms with Crippen molar-refractivity contribution in [1.29, 1.82) is 0 Å².